The maximum atomic E-state index is 12.0. The third kappa shape index (κ3) is 7.16. The second kappa shape index (κ2) is 12.2. The molecule has 0 aromatic heterocycles. The first kappa shape index (κ1) is 22.9. The molecule has 0 aliphatic carbocycles. The summed E-state index contributed by atoms with van der Waals surface area (Å²) in [6.07, 6.45) is 3.27. The fourth-order valence-corrected chi connectivity index (χ4v) is 3.02. The number of methoxy groups -OCH3 is 1. The minimum atomic E-state index is -0.337. The van der Waals surface area contributed by atoms with Crippen LogP contribution in [0.2, 0.25) is 0 Å². The quantitative estimate of drug-likeness (QED) is 0.360. The number of hydrogen-bond donors (Lipinski definition) is 1. The molecule has 0 unspecified atom stereocenters. The van der Waals surface area contributed by atoms with Crippen LogP contribution in [0, 0.1) is 0 Å². The molecule has 166 valence electrons. The van der Waals surface area contributed by atoms with Gasteiger partial charge in [-0.25, -0.2) is 5.43 Å². The Bertz CT molecular complexity index is 1040. The summed E-state index contributed by atoms with van der Waals surface area (Å²) in [5.41, 5.74) is 5.61. The van der Waals surface area contributed by atoms with Gasteiger partial charge in [-0.05, 0) is 53.4 Å². The van der Waals surface area contributed by atoms with E-state index in [2.05, 4.69) is 29.6 Å². The Labute approximate surface area is 188 Å². The predicted molar refractivity (Wildman–Crippen MR) is 126 cm³/mol. The van der Waals surface area contributed by atoms with Gasteiger partial charge in [-0.3, -0.25) is 4.79 Å². The minimum absolute atomic E-state index is 0.109. The van der Waals surface area contributed by atoms with Crippen molar-refractivity contribution in [3.05, 3.63) is 89.5 Å². The van der Waals surface area contributed by atoms with E-state index in [9.17, 15) is 4.79 Å². The van der Waals surface area contributed by atoms with E-state index in [0.29, 0.717) is 23.9 Å². The largest absolute Gasteiger partial charge is 0.493 e. The van der Waals surface area contributed by atoms with Crippen molar-refractivity contribution in [2.24, 2.45) is 5.10 Å². The molecular weight excluding hydrogens is 404 g/mol. The molecule has 6 nitrogen and oxygen atoms in total. The van der Waals surface area contributed by atoms with Crippen LogP contribution in [-0.2, 0) is 17.6 Å². The summed E-state index contributed by atoms with van der Waals surface area (Å²) in [5.74, 6) is 1.59. The lowest BCUT2D eigenvalue weighted by atomic mass is 10.2. The highest BCUT2D eigenvalue weighted by molar-refractivity contribution is 5.83. The van der Waals surface area contributed by atoms with Crippen LogP contribution < -0.4 is 19.6 Å². The van der Waals surface area contributed by atoms with Crippen LogP contribution in [0.25, 0.3) is 0 Å². The highest BCUT2D eigenvalue weighted by Gasteiger charge is 2.06. The average Bonchev–Trinajstić information content (AvgIpc) is 2.84. The van der Waals surface area contributed by atoms with Gasteiger partial charge in [0.05, 0.1) is 19.9 Å². The van der Waals surface area contributed by atoms with E-state index < -0.39 is 0 Å². The molecule has 3 aromatic rings. The molecule has 3 rings (SSSR count). The zero-order valence-electron chi connectivity index (χ0n) is 18.4. The first-order valence-electron chi connectivity index (χ1n) is 10.6. The Hall–Kier alpha value is -3.80. The standard InChI is InChI=1S/C26H28N2O4/c1-3-20-10-7-11-23(16-20)32-19-26(29)28-27-18-22-12-13-24(25(17-22)30-2)31-15-14-21-8-5-4-6-9-21/h4-13,16-18H,3,14-15,19H2,1-2H3,(H,28,29)/b27-18+. The molecule has 3 aromatic carbocycles. The topological polar surface area (TPSA) is 69.2 Å². The van der Waals surface area contributed by atoms with E-state index in [1.54, 1.807) is 19.4 Å². The molecule has 0 bridgehead atoms. The highest BCUT2D eigenvalue weighted by Crippen LogP contribution is 2.27. The number of amides is 1. The maximum Gasteiger partial charge on any atom is 0.277 e. The van der Waals surface area contributed by atoms with Gasteiger partial charge in [0.15, 0.2) is 18.1 Å². The predicted octanol–water partition coefficient (Wildman–Crippen LogP) is 4.41. The molecule has 0 atom stereocenters. The van der Waals surface area contributed by atoms with Crippen LogP contribution in [0.1, 0.15) is 23.6 Å². The number of benzene rings is 3. The number of rotatable bonds is 11. The van der Waals surface area contributed by atoms with Crippen LogP contribution >= 0.6 is 0 Å². The molecule has 0 fully saturated rings. The maximum absolute atomic E-state index is 12.0. The minimum Gasteiger partial charge on any atom is -0.493 e. The molecule has 0 aliphatic heterocycles. The van der Waals surface area contributed by atoms with Crippen molar-refractivity contribution < 1.29 is 19.0 Å². The summed E-state index contributed by atoms with van der Waals surface area (Å²) in [6, 6.07) is 23.3. The lowest BCUT2D eigenvalue weighted by Crippen LogP contribution is -2.24. The van der Waals surface area contributed by atoms with E-state index in [0.717, 1.165) is 24.0 Å². The second-order valence-electron chi connectivity index (χ2n) is 7.08. The third-order valence-electron chi connectivity index (χ3n) is 4.76. The molecular formula is C26H28N2O4. The van der Waals surface area contributed by atoms with Crippen LogP contribution in [0.3, 0.4) is 0 Å². The molecule has 0 heterocycles. The van der Waals surface area contributed by atoms with Crippen LogP contribution in [0.5, 0.6) is 17.2 Å². The number of nitrogens with zero attached hydrogens (tertiary/aromatic N) is 1. The van der Waals surface area contributed by atoms with Crippen LogP contribution in [-0.4, -0.2) is 32.4 Å². The number of hydrazone groups is 1. The van der Waals surface area contributed by atoms with Gasteiger partial charge < -0.3 is 14.2 Å². The molecule has 1 N–H and O–H groups in total. The third-order valence-corrected chi connectivity index (χ3v) is 4.76. The molecule has 0 saturated carbocycles. The summed E-state index contributed by atoms with van der Waals surface area (Å²) in [6.45, 7) is 2.51. The van der Waals surface area contributed by atoms with Crippen LogP contribution in [0.15, 0.2) is 77.9 Å². The molecule has 6 heteroatoms. The van der Waals surface area contributed by atoms with Crippen molar-refractivity contribution in [3.63, 3.8) is 0 Å². The first-order valence-corrected chi connectivity index (χ1v) is 10.6. The average molecular weight is 433 g/mol. The zero-order valence-corrected chi connectivity index (χ0v) is 18.4. The van der Waals surface area contributed by atoms with Gasteiger partial charge in [-0.15, -0.1) is 0 Å². The number of aryl methyl sites for hydroxylation is 1. The Kier molecular flexibility index (Phi) is 8.69. The van der Waals surface area contributed by atoms with Gasteiger partial charge in [0.2, 0.25) is 0 Å². The molecule has 0 saturated heterocycles. The van der Waals surface area contributed by atoms with Crippen molar-refractivity contribution in [2.45, 2.75) is 19.8 Å². The summed E-state index contributed by atoms with van der Waals surface area (Å²) in [5, 5.41) is 3.99. The zero-order chi connectivity index (χ0) is 22.6. The summed E-state index contributed by atoms with van der Waals surface area (Å²) >= 11 is 0. The van der Waals surface area contributed by atoms with Crippen molar-refractivity contribution in [1.82, 2.24) is 5.43 Å². The Morgan fingerprint density at radius 2 is 1.75 bits per heavy atom. The molecule has 32 heavy (non-hydrogen) atoms. The number of nitrogens with one attached hydrogen (secondary N) is 1. The molecule has 0 aliphatic rings. The first-order chi connectivity index (χ1) is 15.7. The number of hydrogen-bond acceptors (Lipinski definition) is 5. The lowest BCUT2D eigenvalue weighted by molar-refractivity contribution is -0.123. The summed E-state index contributed by atoms with van der Waals surface area (Å²) in [7, 11) is 1.59. The summed E-state index contributed by atoms with van der Waals surface area (Å²) in [4.78, 5) is 12.0. The summed E-state index contributed by atoms with van der Waals surface area (Å²) < 4.78 is 16.8. The van der Waals surface area contributed by atoms with Crippen molar-refractivity contribution in [1.29, 1.82) is 0 Å². The van der Waals surface area contributed by atoms with E-state index >= 15 is 0 Å². The van der Waals surface area contributed by atoms with Crippen molar-refractivity contribution >= 4 is 12.1 Å². The van der Waals surface area contributed by atoms with Gasteiger partial charge in [0, 0.05) is 6.42 Å². The van der Waals surface area contributed by atoms with Crippen LogP contribution in [0.4, 0.5) is 0 Å². The Morgan fingerprint density at radius 3 is 2.53 bits per heavy atom. The fourth-order valence-electron chi connectivity index (χ4n) is 3.02. The monoisotopic (exact) mass is 432 g/mol. The smallest absolute Gasteiger partial charge is 0.277 e. The molecule has 0 radical (unpaired) electrons. The van der Waals surface area contributed by atoms with Gasteiger partial charge in [-0.1, -0.05) is 49.4 Å². The van der Waals surface area contributed by atoms with E-state index in [1.807, 2.05) is 54.6 Å². The normalized spacial score (nSPS) is 10.7. The number of carbonyl (C=O) groups is 1. The second-order valence-corrected chi connectivity index (χ2v) is 7.08. The van der Waals surface area contributed by atoms with Gasteiger partial charge in [0.25, 0.3) is 5.91 Å². The molecule has 1 amide bonds. The van der Waals surface area contributed by atoms with E-state index in [1.165, 1.54) is 5.56 Å². The van der Waals surface area contributed by atoms with E-state index in [4.69, 9.17) is 14.2 Å². The molecule has 0 spiro atoms. The lowest BCUT2D eigenvalue weighted by Gasteiger charge is -2.11. The van der Waals surface area contributed by atoms with Gasteiger partial charge >= 0.3 is 0 Å². The van der Waals surface area contributed by atoms with Crippen molar-refractivity contribution in [2.75, 3.05) is 20.3 Å². The SMILES string of the molecule is CCc1cccc(OCC(=O)N/N=C/c2ccc(OCCc3ccccc3)c(OC)c2)c1. The van der Waals surface area contributed by atoms with Gasteiger partial charge in [0.1, 0.15) is 5.75 Å². The number of ether oxygens (including phenoxy) is 3. The van der Waals surface area contributed by atoms with E-state index in [-0.39, 0.29) is 12.5 Å². The highest BCUT2D eigenvalue weighted by atomic mass is 16.5. The van der Waals surface area contributed by atoms with Crippen molar-refractivity contribution in [3.8, 4) is 17.2 Å². The van der Waals surface area contributed by atoms with Gasteiger partial charge in [-0.2, -0.15) is 5.10 Å². The number of carbonyl (C=O) groups excluding carboxylic acids is 1. The Balaban J connectivity index is 1.47. The fraction of sp³-hybridized carbons (Fsp3) is 0.231. The Morgan fingerprint density at radius 1 is 0.938 bits per heavy atom.